The number of carbonyl (C=O) groups excluding carboxylic acids is 1. The van der Waals surface area contributed by atoms with Crippen LogP contribution in [-0.4, -0.2) is 18.6 Å². The summed E-state index contributed by atoms with van der Waals surface area (Å²) in [7, 11) is 0. The number of carbonyl (C=O) groups is 1. The van der Waals surface area contributed by atoms with Gasteiger partial charge in [0.2, 0.25) is 0 Å². The molecule has 0 saturated heterocycles. The van der Waals surface area contributed by atoms with E-state index in [1.165, 1.54) is 0 Å². The lowest BCUT2D eigenvalue weighted by Gasteiger charge is -2.30. The van der Waals surface area contributed by atoms with Crippen molar-refractivity contribution in [1.82, 2.24) is 0 Å². The molecule has 0 atom stereocenters. The molecule has 0 radical (unpaired) electrons. The molecule has 0 N–H and O–H groups in total. The van der Waals surface area contributed by atoms with Gasteiger partial charge in [0, 0.05) is 5.56 Å². The molecule has 0 bridgehead atoms. The number of hydrogen-bond donors (Lipinski definition) is 0. The second-order valence-electron chi connectivity index (χ2n) is 6.11. The Labute approximate surface area is 151 Å². The minimum absolute atomic E-state index is 0.119. The molecule has 0 heterocycles. The van der Waals surface area contributed by atoms with Crippen molar-refractivity contribution in [3.63, 3.8) is 0 Å². The number of halogens is 4. The predicted molar refractivity (Wildman–Crippen MR) is 94.5 cm³/mol. The molecule has 0 aromatic heterocycles. The minimum atomic E-state index is -4.10. The fraction of sp³-hybridized carbons (Fsp3) is 0.389. The highest BCUT2D eigenvalue weighted by molar-refractivity contribution is 14.1. The summed E-state index contributed by atoms with van der Waals surface area (Å²) >= 11 is 2.16. The van der Waals surface area contributed by atoms with E-state index in [2.05, 4.69) is 22.6 Å². The summed E-state index contributed by atoms with van der Waals surface area (Å²) in [5.74, 6) is -0.537. The lowest BCUT2D eigenvalue weighted by Crippen LogP contribution is -2.32. The van der Waals surface area contributed by atoms with Crippen LogP contribution < -0.4 is 4.74 Å². The molecule has 1 aliphatic rings. The number of hydrogen-bond acceptors (Lipinski definition) is 2. The van der Waals surface area contributed by atoms with Crippen LogP contribution in [0.5, 0.6) is 5.75 Å². The van der Waals surface area contributed by atoms with Crippen molar-refractivity contribution in [3.8, 4) is 5.75 Å². The molecule has 0 spiro atoms. The molecule has 24 heavy (non-hydrogen) atoms. The lowest BCUT2D eigenvalue weighted by molar-refractivity contribution is -0.185. The average Bonchev–Trinajstić information content (AvgIpc) is 2.57. The Bertz CT molecular complexity index is 750. The Balaban J connectivity index is 1.76. The first-order valence-electron chi connectivity index (χ1n) is 7.79. The minimum Gasteiger partial charge on any atom is -0.489 e. The van der Waals surface area contributed by atoms with E-state index >= 15 is 0 Å². The zero-order valence-electron chi connectivity index (χ0n) is 12.8. The van der Waals surface area contributed by atoms with Crippen LogP contribution in [0.2, 0.25) is 0 Å². The number of fused-ring (bicyclic) bond motifs is 1. The number of aldehydes is 1. The highest BCUT2D eigenvalue weighted by Gasteiger charge is 2.41. The Morgan fingerprint density at radius 3 is 2.38 bits per heavy atom. The first kappa shape index (κ1) is 17.5. The normalized spacial score (nSPS) is 21.7. The van der Waals surface area contributed by atoms with E-state index in [1.54, 1.807) is 12.1 Å². The molecule has 128 valence electrons. The van der Waals surface area contributed by atoms with Gasteiger partial charge in [-0.25, -0.2) is 0 Å². The predicted octanol–water partition coefficient (Wildman–Crippen LogP) is 5.76. The quantitative estimate of drug-likeness (QED) is 0.441. The van der Waals surface area contributed by atoms with Crippen molar-refractivity contribution in [2.75, 3.05) is 0 Å². The standard InChI is InChI=1S/C18H16F3IO2/c19-18(20,21)13-4-6-14(7-5-13)24-16-8-3-12-2-1-11(10-23)9-15(12)17(16)22/h1-3,8-10,13-14H,4-7H2. The highest BCUT2D eigenvalue weighted by atomic mass is 127. The number of alkyl halides is 3. The van der Waals surface area contributed by atoms with Gasteiger partial charge in [0.15, 0.2) is 0 Å². The summed E-state index contributed by atoms with van der Waals surface area (Å²) in [5.41, 5.74) is 0.586. The third-order valence-electron chi connectivity index (χ3n) is 4.51. The molecule has 0 unspecified atom stereocenters. The summed E-state index contributed by atoms with van der Waals surface area (Å²) < 4.78 is 45.1. The van der Waals surface area contributed by atoms with Crippen molar-refractivity contribution >= 4 is 39.6 Å². The Morgan fingerprint density at radius 2 is 1.75 bits per heavy atom. The van der Waals surface area contributed by atoms with Gasteiger partial charge in [-0.3, -0.25) is 4.79 Å². The molecule has 1 aliphatic carbocycles. The Kier molecular flexibility index (Phi) is 5.03. The monoisotopic (exact) mass is 448 g/mol. The zero-order valence-corrected chi connectivity index (χ0v) is 14.9. The van der Waals surface area contributed by atoms with E-state index in [0.29, 0.717) is 24.2 Å². The van der Waals surface area contributed by atoms with Gasteiger partial charge in [-0.2, -0.15) is 13.2 Å². The van der Waals surface area contributed by atoms with Gasteiger partial charge in [0.1, 0.15) is 12.0 Å². The van der Waals surface area contributed by atoms with Crippen molar-refractivity contribution in [3.05, 3.63) is 39.5 Å². The molecule has 1 fully saturated rings. The van der Waals surface area contributed by atoms with E-state index in [9.17, 15) is 18.0 Å². The maximum Gasteiger partial charge on any atom is 0.391 e. The number of rotatable bonds is 3. The van der Waals surface area contributed by atoms with Crippen LogP contribution in [0.15, 0.2) is 30.3 Å². The van der Waals surface area contributed by atoms with Crippen LogP contribution >= 0.6 is 22.6 Å². The molecule has 3 rings (SSSR count). The highest BCUT2D eigenvalue weighted by Crippen LogP contribution is 2.39. The average molecular weight is 448 g/mol. The molecule has 0 aliphatic heterocycles. The van der Waals surface area contributed by atoms with Crippen LogP contribution in [0.1, 0.15) is 36.0 Å². The van der Waals surface area contributed by atoms with Crippen LogP contribution in [0, 0.1) is 9.49 Å². The second-order valence-corrected chi connectivity index (χ2v) is 7.19. The van der Waals surface area contributed by atoms with Crippen molar-refractivity contribution in [1.29, 1.82) is 0 Å². The van der Waals surface area contributed by atoms with E-state index < -0.39 is 12.1 Å². The molecule has 2 nitrogen and oxygen atoms in total. The third kappa shape index (κ3) is 3.68. The van der Waals surface area contributed by atoms with Crippen LogP contribution in [0.25, 0.3) is 10.8 Å². The Hall–Kier alpha value is -1.31. The van der Waals surface area contributed by atoms with Crippen LogP contribution in [0.4, 0.5) is 13.2 Å². The van der Waals surface area contributed by atoms with Gasteiger partial charge >= 0.3 is 6.18 Å². The molecule has 0 amide bonds. The van der Waals surface area contributed by atoms with Gasteiger partial charge in [0.05, 0.1) is 15.6 Å². The molecule has 2 aromatic rings. The third-order valence-corrected chi connectivity index (χ3v) is 5.62. The topological polar surface area (TPSA) is 26.3 Å². The second kappa shape index (κ2) is 6.90. The summed E-state index contributed by atoms with van der Waals surface area (Å²) in [4.78, 5) is 10.9. The first-order valence-corrected chi connectivity index (χ1v) is 8.87. The number of benzene rings is 2. The summed E-state index contributed by atoms with van der Waals surface area (Å²) in [6.07, 6.45) is -2.45. The van der Waals surface area contributed by atoms with Gasteiger partial charge in [0.25, 0.3) is 0 Å². The maximum atomic E-state index is 12.7. The summed E-state index contributed by atoms with van der Waals surface area (Å²) in [6, 6.07) is 9.19. The fourth-order valence-corrected chi connectivity index (χ4v) is 3.91. The van der Waals surface area contributed by atoms with Crippen LogP contribution in [-0.2, 0) is 0 Å². The van der Waals surface area contributed by atoms with E-state index in [0.717, 1.165) is 20.6 Å². The van der Waals surface area contributed by atoms with E-state index in [4.69, 9.17) is 4.74 Å². The van der Waals surface area contributed by atoms with E-state index in [-0.39, 0.29) is 18.9 Å². The van der Waals surface area contributed by atoms with Crippen LogP contribution in [0.3, 0.4) is 0 Å². The zero-order chi connectivity index (χ0) is 17.3. The largest absolute Gasteiger partial charge is 0.489 e. The summed E-state index contributed by atoms with van der Waals surface area (Å²) in [6.45, 7) is 0. The Morgan fingerprint density at radius 1 is 1.08 bits per heavy atom. The van der Waals surface area contributed by atoms with Gasteiger partial charge < -0.3 is 4.74 Å². The van der Waals surface area contributed by atoms with Gasteiger partial charge in [-0.1, -0.05) is 18.2 Å². The molecule has 1 saturated carbocycles. The SMILES string of the molecule is O=Cc1ccc2ccc(OC3CCC(C(F)(F)F)CC3)c(I)c2c1. The van der Waals surface area contributed by atoms with Gasteiger partial charge in [-0.05, 0) is 71.2 Å². The van der Waals surface area contributed by atoms with E-state index in [1.807, 2.05) is 18.2 Å². The molecule has 2 aromatic carbocycles. The number of ether oxygens (including phenoxy) is 1. The molecule has 6 heteroatoms. The van der Waals surface area contributed by atoms with Crippen molar-refractivity contribution in [2.45, 2.75) is 38.0 Å². The first-order chi connectivity index (χ1) is 11.4. The van der Waals surface area contributed by atoms with Crippen molar-refractivity contribution < 1.29 is 22.7 Å². The molecular weight excluding hydrogens is 432 g/mol. The lowest BCUT2D eigenvalue weighted by atomic mass is 9.87. The van der Waals surface area contributed by atoms with Gasteiger partial charge in [-0.15, -0.1) is 0 Å². The fourth-order valence-electron chi connectivity index (χ4n) is 3.13. The van der Waals surface area contributed by atoms with Crippen molar-refractivity contribution in [2.24, 2.45) is 5.92 Å². The maximum absolute atomic E-state index is 12.7. The summed E-state index contributed by atoms with van der Waals surface area (Å²) in [5, 5.41) is 1.92. The molecular formula is C18H16F3IO2. The smallest absolute Gasteiger partial charge is 0.391 e.